The highest BCUT2D eigenvalue weighted by Gasteiger charge is 2.20. The van der Waals surface area contributed by atoms with E-state index in [-0.39, 0.29) is 11.8 Å². The molecule has 1 fully saturated rings. The van der Waals surface area contributed by atoms with Gasteiger partial charge >= 0.3 is 0 Å². The highest BCUT2D eigenvalue weighted by atomic mass is 16.5. The zero-order valence-corrected chi connectivity index (χ0v) is 16.5. The number of benzene rings is 2. The molecule has 6 nitrogen and oxygen atoms in total. The normalized spacial score (nSPS) is 15.0. The van der Waals surface area contributed by atoms with Gasteiger partial charge in [-0.15, -0.1) is 0 Å². The molecule has 0 aromatic heterocycles. The second-order valence-electron chi connectivity index (χ2n) is 7.03. The van der Waals surface area contributed by atoms with Crippen LogP contribution >= 0.6 is 0 Å². The zero-order valence-electron chi connectivity index (χ0n) is 16.5. The van der Waals surface area contributed by atoms with Crippen LogP contribution in [0.1, 0.15) is 29.3 Å². The van der Waals surface area contributed by atoms with Gasteiger partial charge < -0.3 is 15.0 Å². The first-order chi connectivity index (χ1) is 13.5. The van der Waals surface area contributed by atoms with E-state index < -0.39 is 0 Å². The predicted octanol–water partition coefficient (Wildman–Crippen LogP) is 3.00. The molecule has 1 heterocycles. The van der Waals surface area contributed by atoms with Crippen LogP contribution < -0.4 is 10.1 Å². The van der Waals surface area contributed by atoms with Crippen molar-refractivity contribution >= 4 is 17.5 Å². The molecule has 148 valence electrons. The molecule has 0 spiro atoms. The van der Waals surface area contributed by atoms with Gasteiger partial charge in [-0.05, 0) is 48.4 Å². The largest absolute Gasteiger partial charge is 0.497 e. The van der Waals surface area contributed by atoms with Gasteiger partial charge in [0.1, 0.15) is 5.75 Å². The van der Waals surface area contributed by atoms with Crippen LogP contribution in [-0.4, -0.2) is 54.9 Å². The van der Waals surface area contributed by atoms with Crippen molar-refractivity contribution in [2.45, 2.75) is 19.9 Å². The molecular weight excluding hydrogens is 354 g/mol. The van der Waals surface area contributed by atoms with Gasteiger partial charge in [0, 0.05) is 50.9 Å². The van der Waals surface area contributed by atoms with Crippen LogP contribution in [0.25, 0.3) is 0 Å². The topological polar surface area (TPSA) is 61.9 Å². The summed E-state index contributed by atoms with van der Waals surface area (Å²) >= 11 is 0. The van der Waals surface area contributed by atoms with Gasteiger partial charge in [-0.3, -0.25) is 14.5 Å². The van der Waals surface area contributed by atoms with E-state index in [2.05, 4.69) is 22.3 Å². The Bertz CT molecular complexity index is 803. The minimum absolute atomic E-state index is 0.0423. The summed E-state index contributed by atoms with van der Waals surface area (Å²) in [5, 5.41) is 2.72. The molecule has 6 heteroatoms. The van der Waals surface area contributed by atoms with Crippen molar-refractivity contribution in [3.63, 3.8) is 0 Å². The first-order valence-electron chi connectivity index (χ1n) is 9.57. The maximum Gasteiger partial charge on any atom is 0.253 e. The van der Waals surface area contributed by atoms with Gasteiger partial charge in [-0.2, -0.15) is 0 Å². The summed E-state index contributed by atoms with van der Waals surface area (Å²) in [6.45, 7) is 5.62. The number of anilines is 1. The molecule has 0 atom stereocenters. The quantitative estimate of drug-likeness (QED) is 0.865. The van der Waals surface area contributed by atoms with E-state index in [1.807, 2.05) is 17.0 Å². The van der Waals surface area contributed by atoms with E-state index in [0.717, 1.165) is 38.3 Å². The molecule has 1 aliphatic heterocycles. The van der Waals surface area contributed by atoms with E-state index >= 15 is 0 Å². The summed E-state index contributed by atoms with van der Waals surface area (Å²) < 4.78 is 5.21. The summed E-state index contributed by atoms with van der Waals surface area (Å²) in [5.41, 5.74) is 2.59. The molecule has 1 N–H and O–H groups in total. The molecule has 0 aliphatic carbocycles. The van der Waals surface area contributed by atoms with Crippen LogP contribution in [0, 0.1) is 0 Å². The number of hydrogen-bond acceptors (Lipinski definition) is 4. The molecular formula is C22H27N3O3. The SMILES string of the molecule is COc1ccc(CN2CCCN(C(=O)c3ccc(NC(C)=O)cc3)CC2)cc1. The lowest BCUT2D eigenvalue weighted by atomic mass is 10.1. The number of carbonyl (C=O) groups excluding carboxylic acids is 2. The third-order valence-corrected chi connectivity index (χ3v) is 4.89. The molecule has 1 aliphatic rings. The van der Waals surface area contributed by atoms with Crippen molar-refractivity contribution in [2.24, 2.45) is 0 Å². The van der Waals surface area contributed by atoms with Gasteiger partial charge in [-0.1, -0.05) is 12.1 Å². The van der Waals surface area contributed by atoms with Crippen molar-refractivity contribution in [3.8, 4) is 5.75 Å². The van der Waals surface area contributed by atoms with Crippen LogP contribution in [0.5, 0.6) is 5.75 Å². The summed E-state index contributed by atoms with van der Waals surface area (Å²) in [7, 11) is 1.67. The molecule has 0 saturated carbocycles. The second-order valence-corrected chi connectivity index (χ2v) is 7.03. The number of methoxy groups -OCH3 is 1. The smallest absolute Gasteiger partial charge is 0.253 e. The van der Waals surface area contributed by atoms with E-state index in [9.17, 15) is 9.59 Å². The van der Waals surface area contributed by atoms with Gasteiger partial charge in [0.05, 0.1) is 7.11 Å². The maximum atomic E-state index is 12.8. The Labute approximate surface area is 166 Å². The molecule has 0 bridgehead atoms. The first kappa shape index (κ1) is 19.9. The number of amides is 2. The van der Waals surface area contributed by atoms with Crippen molar-refractivity contribution in [1.82, 2.24) is 9.80 Å². The number of ether oxygens (including phenoxy) is 1. The lowest BCUT2D eigenvalue weighted by Gasteiger charge is -2.22. The van der Waals surface area contributed by atoms with Crippen molar-refractivity contribution in [3.05, 3.63) is 59.7 Å². The number of carbonyl (C=O) groups is 2. The number of nitrogens with zero attached hydrogens (tertiary/aromatic N) is 2. The second kappa shape index (κ2) is 9.37. The molecule has 0 radical (unpaired) electrons. The lowest BCUT2D eigenvalue weighted by Crippen LogP contribution is -2.35. The van der Waals surface area contributed by atoms with Crippen molar-refractivity contribution < 1.29 is 14.3 Å². The zero-order chi connectivity index (χ0) is 19.9. The first-order valence-corrected chi connectivity index (χ1v) is 9.57. The summed E-state index contributed by atoms with van der Waals surface area (Å²) in [6, 6.07) is 15.2. The molecule has 2 aromatic carbocycles. The van der Waals surface area contributed by atoms with E-state index in [1.54, 1.807) is 31.4 Å². The van der Waals surface area contributed by atoms with Gasteiger partial charge in [0.2, 0.25) is 5.91 Å². The number of rotatable bonds is 5. The third kappa shape index (κ3) is 5.33. The van der Waals surface area contributed by atoms with Gasteiger partial charge in [-0.25, -0.2) is 0 Å². The molecule has 2 amide bonds. The van der Waals surface area contributed by atoms with Crippen LogP contribution in [-0.2, 0) is 11.3 Å². The van der Waals surface area contributed by atoms with Crippen LogP contribution in [0.2, 0.25) is 0 Å². The fourth-order valence-corrected chi connectivity index (χ4v) is 3.40. The van der Waals surface area contributed by atoms with Crippen LogP contribution in [0.3, 0.4) is 0 Å². The fourth-order valence-electron chi connectivity index (χ4n) is 3.40. The van der Waals surface area contributed by atoms with Crippen LogP contribution in [0.15, 0.2) is 48.5 Å². The van der Waals surface area contributed by atoms with E-state index in [1.165, 1.54) is 12.5 Å². The standard InChI is InChI=1S/C22H27N3O3/c1-17(26)23-20-8-6-19(7-9-20)22(27)25-13-3-12-24(14-15-25)16-18-4-10-21(28-2)11-5-18/h4-11H,3,12-16H2,1-2H3,(H,23,26). The average molecular weight is 381 g/mol. The Balaban J connectivity index is 1.56. The average Bonchev–Trinajstić information content (AvgIpc) is 2.94. The highest BCUT2D eigenvalue weighted by molar-refractivity contribution is 5.95. The Hall–Kier alpha value is -2.86. The third-order valence-electron chi connectivity index (χ3n) is 4.89. The maximum absolute atomic E-state index is 12.8. The van der Waals surface area contributed by atoms with E-state index in [0.29, 0.717) is 17.8 Å². The fraction of sp³-hybridized carbons (Fsp3) is 0.364. The Morgan fingerprint density at radius 3 is 2.32 bits per heavy atom. The Morgan fingerprint density at radius 1 is 0.964 bits per heavy atom. The predicted molar refractivity (Wildman–Crippen MR) is 110 cm³/mol. The minimum Gasteiger partial charge on any atom is -0.497 e. The molecule has 0 unspecified atom stereocenters. The number of hydrogen-bond donors (Lipinski definition) is 1. The van der Waals surface area contributed by atoms with Crippen LogP contribution in [0.4, 0.5) is 5.69 Å². The van der Waals surface area contributed by atoms with E-state index in [4.69, 9.17) is 4.74 Å². The highest BCUT2D eigenvalue weighted by Crippen LogP contribution is 2.16. The monoisotopic (exact) mass is 381 g/mol. The van der Waals surface area contributed by atoms with Crippen molar-refractivity contribution in [1.29, 1.82) is 0 Å². The summed E-state index contributed by atoms with van der Waals surface area (Å²) in [4.78, 5) is 28.2. The Morgan fingerprint density at radius 2 is 1.68 bits per heavy atom. The molecule has 2 aromatic rings. The molecule has 3 rings (SSSR count). The lowest BCUT2D eigenvalue weighted by molar-refractivity contribution is -0.114. The molecule has 28 heavy (non-hydrogen) atoms. The van der Waals surface area contributed by atoms with Crippen molar-refractivity contribution in [2.75, 3.05) is 38.6 Å². The number of nitrogens with one attached hydrogen (secondary N) is 1. The summed E-state index contributed by atoms with van der Waals surface area (Å²) in [6.07, 6.45) is 0.950. The Kier molecular flexibility index (Phi) is 6.66. The summed E-state index contributed by atoms with van der Waals surface area (Å²) in [5.74, 6) is 0.783. The molecule has 1 saturated heterocycles. The van der Waals surface area contributed by atoms with Gasteiger partial charge in [0.15, 0.2) is 0 Å². The van der Waals surface area contributed by atoms with Gasteiger partial charge in [0.25, 0.3) is 5.91 Å². The minimum atomic E-state index is -0.122.